The standard InChI is InChI=1S/C29H33F5N8O/c1-16-12-41(26-23-27(42-15-36-38-28(42)37-26)39(14-35-23)13-20-4-3-7-43-20)17(2)11-40(16)24(19-9-29(33,34)10-19)18-5-6-21(25(31)32)22(30)8-18/h5-6,8,14-17,19-20,24-25H,3-4,7,9-13H2,1-2H3/t16-,17+,20+,24?/m1/s1. The highest BCUT2D eigenvalue weighted by molar-refractivity contribution is 5.86. The quantitative estimate of drug-likeness (QED) is 0.261. The molecule has 0 spiro atoms. The summed E-state index contributed by atoms with van der Waals surface area (Å²) in [5, 5.41) is 8.30. The molecule has 2 saturated heterocycles. The normalized spacial score (nSPS) is 25.7. The number of imidazole rings is 1. The Balaban J connectivity index is 1.21. The average molecular weight is 605 g/mol. The summed E-state index contributed by atoms with van der Waals surface area (Å²) in [7, 11) is 0. The number of rotatable bonds is 7. The van der Waals surface area contributed by atoms with Crippen molar-refractivity contribution in [1.82, 2.24) is 34.0 Å². The van der Waals surface area contributed by atoms with Crippen LogP contribution in [0.1, 0.15) is 63.1 Å². The molecule has 1 saturated carbocycles. The number of ether oxygens (including phenoxy) is 1. The number of halogens is 5. The van der Waals surface area contributed by atoms with E-state index in [1.54, 1.807) is 12.7 Å². The van der Waals surface area contributed by atoms with E-state index >= 15 is 0 Å². The van der Waals surface area contributed by atoms with Gasteiger partial charge in [0.15, 0.2) is 11.5 Å². The molecule has 1 unspecified atom stereocenters. The first-order valence-electron chi connectivity index (χ1n) is 14.7. The van der Waals surface area contributed by atoms with Crippen molar-refractivity contribution >= 4 is 22.8 Å². The van der Waals surface area contributed by atoms with Gasteiger partial charge >= 0.3 is 0 Å². The number of hydrogen-bond donors (Lipinski definition) is 0. The van der Waals surface area contributed by atoms with Gasteiger partial charge in [0.25, 0.3) is 12.2 Å². The maximum atomic E-state index is 14.7. The maximum absolute atomic E-state index is 14.7. The van der Waals surface area contributed by atoms with E-state index in [0.717, 1.165) is 37.2 Å². The molecule has 14 heteroatoms. The van der Waals surface area contributed by atoms with Gasteiger partial charge in [0.2, 0.25) is 5.92 Å². The molecule has 1 aromatic carbocycles. The molecule has 43 heavy (non-hydrogen) atoms. The Morgan fingerprint density at radius 3 is 2.60 bits per heavy atom. The van der Waals surface area contributed by atoms with Crippen molar-refractivity contribution < 1.29 is 26.7 Å². The van der Waals surface area contributed by atoms with Gasteiger partial charge in [0, 0.05) is 50.7 Å². The largest absolute Gasteiger partial charge is 0.376 e. The molecule has 4 aromatic rings. The zero-order valence-corrected chi connectivity index (χ0v) is 23.9. The summed E-state index contributed by atoms with van der Waals surface area (Å²) < 4.78 is 79.1. The van der Waals surface area contributed by atoms with E-state index < -0.39 is 35.7 Å². The Bertz CT molecular complexity index is 1630. The van der Waals surface area contributed by atoms with E-state index in [-0.39, 0.29) is 31.0 Å². The number of nitrogens with zero attached hydrogens (tertiary/aromatic N) is 8. The van der Waals surface area contributed by atoms with Crippen LogP contribution >= 0.6 is 0 Å². The van der Waals surface area contributed by atoms with E-state index in [0.29, 0.717) is 42.3 Å². The third kappa shape index (κ3) is 5.01. The van der Waals surface area contributed by atoms with Crippen molar-refractivity contribution in [3.05, 3.63) is 47.8 Å². The molecule has 230 valence electrons. The Morgan fingerprint density at radius 1 is 1.09 bits per heavy atom. The predicted molar refractivity (Wildman–Crippen MR) is 148 cm³/mol. The molecule has 4 atom stereocenters. The van der Waals surface area contributed by atoms with Crippen molar-refractivity contribution in [3.63, 3.8) is 0 Å². The SMILES string of the molecule is C[C@@H]1CN(c2nc3nncn3c3c2ncn3C[C@@H]2CCCO2)[C@@H](C)CN1C(c1ccc(C(F)F)c(F)c1)C1CC(F)(F)C1. The summed E-state index contributed by atoms with van der Waals surface area (Å²) in [5.74, 6) is -3.15. The predicted octanol–water partition coefficient (Wildman–Crippen LogP) is 5.42. The molecule has 0 bridgehead atoms. The third-order valence-corrected chi connectivity index (χ3v) is 9.24. The maximum Gasteiger partial charge on any atom is 0.266 e. The lowest BCUT2D eigenvalue weighted by Gasteiger charge is -2.52. The molecule has 9 nitrogen and oxygen atoms in total. The lowest BCUT2D eigenvalue weighted by atomic mass is 9.73. The highest BCUT2D eigenvalue weighted by Gasteiger charge is 2.51. The van der Waals surface area contributed by atoms with Crippen LogP contribution in [0.2, 0.25) is 0 Å². The fourth-order valence-corrected chi connectivity index (χ4v) is 7.14. The smallest absolute Gasteiger partial charge is 0.266 e. The van der Waals surface area contributed by atoms with Gasteiger partial charge < -0.3 is 14.2 Å². The van der Waals surface area contributed by atoms with Gasteiger partial charge in [0.1, 0.15) is 17.7 Å². The molecular formula is C29H33F5N8O. The Hall–Kier alpha value is -3.39. The van der Waals surface area contributed by atoms with E-state index in [1.807, 2.05) is 22.8 Å². The third-order valence-electron chi connectivity index (χ3n) is 9.24. The molecule has 2 aliphatic heterocycles. The van der Waals surface area contributed by atoms with Crippen LogP contribution in [0.3, 0.4) is 0 Å². The molecule has 5 heterocycles. The monoisotopic (exact) mass is 604 g/mol. The van der Waals surface area contributed by atoms with E-state index in [2.05, 4.69) is 20.0 Å². The number of aromatic nitrogens is 6. The summed E-state index contributed by atoms with van der Waals surface area (Å²) in [4.78, 5) is 13.8. The van der Waals surface area contributed by atoms with Gasteiger partial charge in [-0.1, -0.05) is 12.1 Å². The van der Waals surface area contributed by atoms with Gasteiger partial charge in [-0.25, -0.2) is 31.3 Å². The molecule has 3 fully saturated rings. The highest BCUT2D eigenvalue weighted by atomic mass is 19.3. The molecular weight excluding hydrogens is 571 g/mol. The number of benzene rings is 1. The van der Waals surface area contributed by atoms with Gasteiger partial charge in [-0.3, -0.25) is 4.90 Å². The van der Waals surface area contributed by atoms with Crippen LogP contribution in [-0.2, 0) is 11.3 Å². The minimum atomic E-state index is -2.95. The summed E-state index contributed by atoms with van der Waals surface area (Å²) in [6.45, 7) is 6.36. The second-order valence-electron chi connectivity index (χ2n) is 12.2. The molecule has 0 radical (unpaired) electrons. The van der Waals surface area contributed by atoms with Gasteiger partial charge in [0.05, 0.1) is 24.5 Å². The number of anilines is 1. The van der Waals surface area contributed by atoms with Gasteiger partial charge in [-0.05, 0) is 44.2 Å². The Kier molecular flexibility index (Phi) is 7.03. The number of hydrogen-bond acceptors (Lipinski definition) is 7. The van der Waals surface area contributed by atoms with Crippen LogP contribution in [0, 0.1) is 11.7 Å². The zero-order chi connectivity index (χ0) is 30.0. The summed E-state index contributed by atoms with van der Waals surface area (Å²) in [5.41, 5.74) is 1.25. The topological polar surface area (TPSA) is 76.6 Å². The van der Waals surface area contributed by atoms with Crippen molar-refractivity contribution in [2.45, 2.75) is 82.7 Å². The average Bonchev–Trinajstić information content (AvgIpc) is 3.71. The first-order valence-corrected chi connectivity index (χ1v) is 14.7. The highest BCUT2D eigenvalue weighted by Crippen LogP contribution is 2.51. The molecule has 0 N–H and O–H groups in total. The van der Waals surface area contributed by atoms with E-state index in [4.69, 9.17) is 14.7 Å². The summed E-state index contributed by atoms with van der Waals surface area (Å²) in [6.07, 6.45) is 1.88. The van der Waals surface area contributed by atoms with Crippen LogP contribution in [0.4, 0.5) is 27.8 Å². The van der Waals surface area contributed by atoms with Crippen molar-refractivity contribution in [1.29, 1.82) is 0 Å². The fourth-order valence-electron chi connectivity index (χ4n) is 7.14. The van der Waals surface area contributed by atoms with Gasteiger partial charge in [-0.15, -0.1) is 10.2 Å². The van der Waals surface area contributed by atoms with Crippen LogP contribution in [-0.4, -0.2) is 77.8 Å². The lowest BCUT2D eigenvalue weighted by molar-refractivity contribution is -0.137. The van der Waals surface area contributed by atoms with Crippen molar-refractivity contribution in [2.24, 2.45) is 5.92 Å². The number of fused-ring (bicyclic) bond motifs is 3. The Labute approximate surface area is 244 Å². The zero-order valence-electron chi connectivity index (χ0n) is 23.9. The number of piperazine rings is 1. The summed E-state index contributed by atoms with van der Waals surface area (Å²) in [6, 6.07) is 2.79. The molecule has 3 aliphatic rings. The second-order valence-corrected chi connectivity index (χ2v) is 12.2. The van der Waals surface area contributed by atoms with Crippen LogP contribution in [0.15, 0.2) is 30.9 Å². The van der Waals surface area contributed by atoms with Crippen LogP contribution in [0.25, 0.3) is 16.9 Å². The lowest BCUT2D eigenvalue weighted by Crippen LogP contribution is -2.59. The van der Waals surface area contributed by atoms with Gasteiger partial charge in [-0.2, -0.15) is 4.98 Å². The molecule has 7 rings (SSSR count). The minimum absolute atomic E-state index is 0.0958. The van der Waals surface area contributed by atoms with Crippen LogP contribution in [0.5, 0.6) is 0 Å². The first kappa shape index (κ1) is 28.4. The summed E-state index contributed by atoms with van der Waals surface area (Å²) >= 11 is 0. The van der Waals surface area contributed by atoms with Crippen molar-refractivity contribution in [3.8, 4) is 0 Å². The minimum Gasteiger partial charge on any atom is -0.376 e. The Morgan fingerprint density at radius 2 is 1.91 bits per heavy atom. The molecule has 1 aliphatic carbocycles. The van der Waals surface area contributed by atoms with E-state index in [9.17, 15) is 22.0 Å². The van der Waals surface area contributed by atoms with E-state index in [1.165, 1.54) is 6.07 Å². The molecule has 0 amide bonds. The first-order chi connectivity index (χ1) is 20.6. The van der Waals surface area contributed by atoms with Crippen molar-refractivity contribution in [2.75, 3.05) is 24.6 Å². The van der Waals surface area contributed by atoms with Crippen LogP contribution < -0.4 is 4.90 Å². The molecule has 3 aromatic heterocycles. The second kappa shape index (κ2) is 10.7. The fraction of sp³-hybridized carbons (Fsp3) is 0.586. The number of alkyl halides is 4.